The van der Waals surface area contributed by atoms with Crippen molar-refractivity contribution in [3.8, 4) is 0 Å². The summed E-state index contributed by atoms with van der Waals surface area (Å²) in [4.78, 5) is 55.6. The molecule has 2 saturated heterocycles. The first-order valence-corrected chi connectivity index (χ1v) is 13.0. The number of carbonyl (C=O) groups is 1. The Morgan fingerprint density at radius 2 is 1.68 bits per heavy atom. The molecule has 210 valence electrons. The van der Waals surface area contributed by atoms with Gasteiger partial charge in [0.2, 0.25) is 0 Å². The van der Waals surface area contributed by atoms with Gasteiger partial charge in [0.15, 0.2) is 12.5 Å². The Bertz CT molecular complexity index is 1230. The lowest BCUT2D eigenvalue weighted by molar-refractivity contribution is -0.296. The summed E-state index contributed by atoms with van der Waals surface area (Å²) in [5, 5.41) is 65.9. The summed E-state index contributed by atoms with van der Waals surface area (Å²) in [5.74, 6) is -2.53. The van der Waals surface area contributed by atoms with E-state index in [1.54, 1.807) is 0 Å². The number of aliphatic carboxylic acids is 1. The molecule has 1 aromatic rings. The number of ether oxygens (including phenoxy) is 2. The van der Waals surface area contributed by atoms with Crippen molar-refractivity contribution >= 4 is 21.4 Å². The van der Waals surface area contributed by atoms with Crippen LogP contribution in [0.1, 0.15) is 6.23 Å². The number of hydrogen-bond donors (Lipinski definition) is 10. The number of hydrogen-bond acceptors (Lipinski definition) is 15. The number of carboxylic acid groups (broad SMARTS) is 1. The summed E-state index contributed by atoms with van der Waals surface area (Å²) >= 11 is 0. The lowest BCUT2D eigenvalue weighted by atomic mass is 9.98. The number of aliphatic hydroxyl groups excluding tert-OH is 6. The number of nitrogens with one attached hydrogen (secondary N) is 1. The van der Waals surface area contributed by atoms with E-state index in [0.29, 0.717) is 4.57 Å². The van der Waals surface area contributed by atoms with Gasteiger partial charge in [-0.2, -0.15) is 0 Å². The predicted octanol–water partition coefficient (Wildman–Crippen LogP) is -5.31. The molecule has 0 aromatic carbocycles. The van der Waals surface area contributed by atoms with Gasteiger partial charge in [0.05, 0.1) is 6.61 Å². The first-order chi connectivity index (χ1) is 16.9. The molecule has 0 aliphatic carbocycles. The SMILES string of the molecule is O=C(O)[C@@]1(P(=O)(OC[C@H]2O[C@@H](n3ccc(=O)[nH]c3=O)[C@H](O)[C@@H]2O)OP(=O)(O)O)O[C@H](O)[C@H](O)[C@@H](O)[C@@H]1O. The van der Waals surface area contributed by atoms with E-state index in [2.05, 4.69) is 9.05 Å². The molecule has 10 N–H and O–H groups in total. The van der Waals surface area contributed by atoms with Gasteiger partial charge in [-0.05, 0) is 0 Å². The van der Waals surface area contributed by atoms with Gasteiger partial charge in [0.25, 0.3) is 10.9 Å². The Morgan fingerprint density at radius 1 is 1.05 bits per heavy atom. The molecule has 1 unspecified atom stereocenters. The van der Waals surface area contributed by atoms with E-state index in [1.165, 1.54) is 0 Å². The smallest absolute Gasteiger partial charge is 0.476 e. The maximum atomic E-state index is 13.5. The molecule has 20 nitrogen and oxygen atoms in total. The Labute approximate surface area is 203 Å². The van der Waals surface area contributed by atoms with Crippen LogP contribution in [0.4, 0.5) is 0 Å². The number of phosphoric acid groups is 1. The maximum Gasteiger partial charge on any atom is 0.476 e. The van der Waals surface area contributed by atoms with Gasteiger partial charge in [-0.3, -0.25) is 18.9 Å². The molecule has 0 spiro atoms. The molecule has 3 rings (SSSR count). The van der Waals surface area contributed by atoms with Gasteiger partial charge in [0.1, 0.15) is 36.6 Å². The van der Waals surface area contributed by atoms with E-state index in [4.69, 9.17) is 9.26 Å². The molecule has 0 bridgehead atoms. The predicted molar refractivity (Wildman–Crippen MR) is 109 cm³/mol. The monoisotopic (exact) mass is 580 g/mol. The Hall–Kier alpha value is -1.87. The van der Waals surface area contributed by atoms with E-state index in [-0.39, 0.29) is 0 Å². The quantitative estimate of drug-likeness (QED) is 0.128. The van der Waals surface area contributed by atoms with E-state index in [1.807, 2.05) is 4.98 Å². The highest BCUT2D eigenvalue weighted by Crippen LogP contribution is 2.70. The van der Waals surface area contributed by atoms with Crippen LogP contribution in [0, 0.1) is 0 Å². The molecular weight excluding hydrogens is 558 g/mol. The molecule has 37 heavy (non-hydrogen) atoms. The van der Waals surface area contributed by atoms with Gasteiger partial charge in [-0.25, -0.2) is 18.5 Å². The van der Waals surface area contributed by atoms with E-state index in [9.17, 15) is 69.0 Å². The summed E-state index contributed by atoms with van der Waals surface area (Å²) in [6.07, 6.45) is -17.3. The van der Waals surface area contributed by atoms with E-state index in [0.717, 1.165) is 12.3 Å². The van der Waals surface area contributed by atoms with Crippen molar-refractivity contribution in [2.24, 2.45) is 0 Å². The lowest BCUT2D eigenvalue weighted by Crippen LogP contribution is -2.67. The molecule has 2 aliphatic rings. The average molecular weight is 580 g/mol. The van der Waals surface area contributed by atoms with Gasteiger partial charge in [-0.15, -0.1) is 0 Å². The lowest BCUT2D eigenvalue weighted by Gasteiger charge is -2.46. The van der Waals surface area contributed by atoms with Crippen molar-refractivity contribution < 1.29 is 77.8 Å². The zero-order valence-corrected chi connectivity index (χ0v) is 19.8. The van der Waals surface area contributed by atoms with Gasteiger partial charge < -0.3 is 59.5 Å². The number of nitrogens with zero attached hydrogens (tertiary/aromatic N) is 1. The van der Waals surface area contributed by atoms with Crippen LogP contribution < -0.4 is 11.2 Å². The second-order valence-electron chi connectivity index (χ2n) is 7.87. The molecule has 3 heterocycles. The third kappa shape index (κ3) is 5.35. The third-order valence-electron chi connectivity index (χ3n) is 5.47. The number of carboxylic acids is 1. The van der Waals surface area contributed by atoms with E-state index >= 15 is 0 Å². The van der Waals surface area contributed by atoms with Crippen molar-refractivity contribution in [1.82, 2.24) is 9.55 Å². The normalized spacial score (nSPS) is 38.3. The second kappa shape index (κ2) is 10.4. The summed E-state index contributed by atoms with van der Waals surface area (Å²) < 4.78 is 44.3. The van der Waals surface area contributed by atoms with Crippen LogP contribution >= 0.6 is 15.4 Å². The zero-order valence-electron chi connectivity index (χ0n) is 18.0. The fourth-order valence-electron chi connectivity index (χ4n) is 3.65. The molecule has 0 saturated carbocycles. The van der Waals surface area contributed by atoms with Crippen molar-refractivity contribution in [3.05, 3.63) is 33.1 Å². The summed E-state index contributed by atoms with van der Waals surface area (Å²) in [5.41, 5.74) is -1.91. The minimum absolute atomic E-state index is 0.627. The molecular formula is C15H22N2O18P2. The van der Waals surface area contributed by atoms with E-state index < -0.39 is 93.7 Å². The van der Waals surface area contributed by atoms with Crippen LogP contribution in [0.3, 0.4) is 0 Å². The Kier molecular flexibility index (Phi) is 8.31. The van der Waals surface area contributed by atoms with Crippen LogP contribution in [0.25, 0.3) is 0 Å². The number of aliphatic hydroxyl groups is 6. The Balaban J connectivity index is 1.97. The highest BCUT2D eigenvalue weighted by molar-refractivity contribution is 7.65. The number of rotatable bonds is 8. The molecule has 0 amide bonds. The van der Waals surface area contributed by atoms with Crippen molar-refractivity contribution in [2.75, 3.05) is 6.61 Å². The number of aromatic amines is 1. The summed E-state index contributed by atoms with van der Waals surface area (Å²) in [6.45, 7) is -1.33. The number of H-pyrrole nitrogens is 1. The largest absolute Gasteiger partial charge is 0.479 e. The second-order valence-corrected chi connectivity index (χ2v) is 11.4. The highest BCUT2D eigenvalue weighted by Gasteiger charge is 2.72. The molecule has 2 aliphatic heterocycles. The average Bonchev–Trinajstić information content (AvgIpc) is 3.05. The van der Waals surface area contributed by atoms with Gasteiger partial charge >= 0.3 is 27.1 Å². The van der Waals surface area contributed by atoms with Gasteiger partial charge in [-0.1, -0.05) is 0 Å². The molecule has 0 radical (unpaired) electrons. The minimum atomic E-state index is -6.12. The zero-order chi connectivity index (χ0) is 28.1. The fourth-order valence-corrected chi connectivity index (χ4v) is 6.92. The molecule has 22 heteroatoms. The standard InChI is InChI=1S/C15H22N2O18P2/c18-5-1-2-17(14(27)16-5)11-8(21)6(19)4(33-11)3-32-36(28,35-37(29,30)31)15(13(25)26)10(23)7(20)9(22)12(24)34-15/h1-2,4,6-12,19-24H,3H2,(H,25,26)(H,16,18,27)(H2,29,30,31)/t4-,6-,7-,8-,9-,10+,11-,12+,15-,36?/m1/s1. The minimum Gasteiger partial charge on any atom is -0.479 e. The van der Waals surface area contributed by atoms with Crippen LogP contribution in [0.5, 0.6) is 0 Å². The Morgan fingerprint density at radius 3 is 2.22 bits per heavy atom. The number of aromatic nitrogens is 2. The van der Waals surface area contributed by atoms with Crippen LogP contribution in [0.2, 0.25) is 0 Å². The van der Waals surface area contributed by atoms with Crippen molar-refractivity contribution in [3.63, 3.8) is 0 Å². The first kappa shape index (κ1) is 29.7. The van der Waals surface area contributed by atoms with Crippen molar-refractivity contribution in [2.45, 2.75) is 54.5 Å². The van der Waals surface area contributed by atoms with Gasteiger partial charge in [0, 0.05) is 12.3 Å². The van der Waals surface area contributed by atoms with Crippen LogP contribution in [-0.4, -0.2) is 116 Å². The topological polar surface area (TPSA) is 325 Å². The van der Waals surface area contributed by atoms with Crippen LogP contribution in [-0.2, 0) is 32.2 Å². The molecule has 1 aromatic heterocycles. The molecule has 2 fully saturated rings. The third-order valence-corrected chi connectivity index (χ3v) is 9.04. The van der Waals surface area contributed by atoms with Crippen LogP contribution in [0.15, 0.2) is 21.9 Å². The summed E-state index contributed by atoms with van der Waals surface area (Å²) in [6, 6.07) is 0.860. The summed E-state index contributed by atoms with van der Waals surface area (Å²) in [7, 11) is -12.1. The maximum absolute atomic E-state index is 13.5. The highest BCUT2D eigenvalue weighted by atomic mass is 31.3. The van der Waals surface area contributed by atoms with Crippen molar-refractivity contribution in [1.29, 1.82) is 0 Å². The molecule has 10 atom stereocenters. The first-order valence-electron chi connectivity index (χ1n) is 9.93. The fraction of sp³-hybridized carbons (Fsp3) is 0.667.